The standard InChI is InChI=1S/C8H14OS2/c1-10-8(9)11-7-5-3-2-4-6-7/h7H,2-6H2,1H3. The minimum Gasteiger partial charge on any atom is -0.274 e. The van der Waals surface area contributed by atoms with Crippen molar-refractivity contribution in [1.82, 2.24) is 0 Å². The van der Waals surface area contributed by atoms with Gasteiger partial charge in [-0.1, -0.05) is 42.8 Å². The van der Waals surface area contributed by atoms with Gasteiger partial charge in [0.1, 0.15) is 0 Å². The van der Waals surface area contributed by atoms with Crippen LogP contribution in [0.15, 0.2) is 0 Å². The van der Waals surface area contributed by atoms with Crippen molar-refractivity contribution in [2.75, 3.05) is 6.26 Å². The van der Waals surface area contributed by atoms with Crippen molar-refractivity contribution in [2.24, 2.45) is 0 Å². The Balaban J connectivity index is 2.19. The van der Waals surface area contributed by atoms with E-state index >= 15 is 0 Å². The lowest BCUT2D eigenvalue weighted by molar-refractivity contribution is 0.276. The van der Waals surface area contributed by atoms with Crippen molar-refractivity contribution in [3.05, 3.63) is 0 Å². The lowest BCUT2D eigenvalue weighted by atomic mass is 10.0. The first kappa shape index (κ1) is 9.46. The molecule has 1 saturated carbocycles. The number of carbonyl (C=O) groups is 1. The van der Waals surface area contributed by atoms with Gasteiger partial charge in [-0.3, -0.25) is 4.79 Å². The average Bonchev–Trinajstić information content (AvgIpc) is 2.06. The van der Waals surface area contributed by atoms with Gasteiger partial charge in [0.05, 0.1) is 0 Å². The Hall–Kier alpha value is 0.370. The van der Waals surface area contributed by atoms with E-state index in [2.05, 4.69) is 0 Å². The summed E-state index contributed by atoms with van der Waals surface area (Å²) in [6, 6.07) is 0. The molecule has 1 nitrogen and oxygen atoms in total. The normalized spacial score (nSPS) is 20.1. The third kappa shape index (κ3) is 3.52. The van der Waals surface area contributed by atoms with Crippen molar-refractivity contribution in [3.8, 4) is 0 Å². The van der Waals surface area contributed by atoms with E-state index in [-0.39, 0.29) is 4.45 Å². The summed E-state index contributed by atoms with van der Waals surface area (Å²) in [5.74, 6) is 0. The van der Waals surface area contributed by atoms with Crippen LogP contribution in [0.4, 0.5) is 4.79 Å². The molecule has 0 aromatic rings. The van der Waals surface area contributed by atoms with Gasteiger partial charge in [0, 0.05) is 5.25 Å². The molecule has 0 aromatic carbocycles. The summed E-state index contributed by atoms with van der Waals surface area (Å²) in [4.78, 5) is 11.0. The van der Waals surface area contributed by atoms with Crippen LogP contribution in [0.1, 0.15) is 32.1 Å². The first-order chi connectivity index (χ1) is 5.33. The van der Waals surface area contributed by atoms with Gasteiger partial charge in [0.2, 0.25) is 4.45 Å². The van der Waals surface area contributed by atoms with Gasteiger partial charge in [-0.05, 0) is 19.1 Å². The van der Waals surface area contributed by atoms with E-state index in [4.69, 9.17) is 0 Å². The molecule has 64 valence electrons. The number of rotatable bonds is 1. The van der Waals surface area contributed by atoms with Crippen LogP contribution in [-0.4, -0.2) is 16.0 Å². The predicted molar refractivity (Wildman–Crippen MR) is 53.4 cm³/mol. The van der Waals surface area contributed by atoms with Gasteiger partial charge in [-0.15, -0.1) is 0 Å². The third-order valence-corrected chi connectivity index (χ3v) is 4.10. The Morgan fingerprint density at radius 2 is 1.91 bits per heavy atom. The van der Waals surface area contributed by atoms with Crippen molar-refractivity contribution < 1.29 is 4.79 Å². The van der Waals surface area contributed by atoms with Crippen LogP contribution in [0.3, 0.4) is 0 Å². The van der Waals surface area contributed by atoms with E-state index < -0.39 is 0 Å². The van der Waals surface area contributed by atoms with E-state index in [9.17, 15) is 4.79 Å². The summed E-state index contributed by atoms with van der Waals surface area (Å²) in [7, 11) is 0. The van der Waals surface area contributed by atoms with Crippen LogP contribution in [0, 0.1) is 0 Å². The highest BCUT2D eigenvalue weighted by Crippen LogP contribution is 2.31. The molecule has 0 aromatic heterocycles. The topological polar surface area (TPSA) is 17.1 Å². The van der Waals surface area contributed by atoms with E-state index in [0.29, 0.717) is 5.25 Å². The fourth-order valence-corrected chi connectivity index (χ4v) is 3.00. The molecule has 3 heteroatoms. The number of thioether (sulfide) groups is 2. The lowest BCUT2D eigenvalue weighted by Crippen LogP contribution is -2.09. The van der Waals surface area contributed by atoms with Gasteiger partial charge in [-0.2, -0.15) is 0 Å². The van der Waals surface area contributed by atoms with Crippen LogP contribution >= 0.6 is 23.5 Å². The maximum absolute atomic E-state index is 11.0. The highest BCUT2D eigenvalue weighted by Gasteiger charge is 2.16. The first-order valence-corrected chi connectivity index (χ1v) is 6.18. The first-order valence-electron chi connectivity index (χ1n) is 4.07. The van der Waals surface area contributed by atoms with E-state index in [1.54, 1.807) is 11.8 Å². The van der Waals surface area contributed by atoms with Gasteiger partial charge in [-0.25, -0.2) is 0 Å². The highest BCUT2D eigenvalue weighted by molar-refractivity contribution is 8.38. The molecule has 11 heavy (non-hydrogen) atoms. The van der Waals surface area contributed by atoms with Crippen LogP contribution in [0.25, 0.3) is 0 Å². The van der Waals surface area contributed by atoms with Crippen molar-refractivity contribution in [2.45, 2.75) is 37.4 Å². The molecule has 1 aliphatic carbocycles. The molecule has 0 saturated heterocycles. The molecule has 1 aliphatic rings. The Bertz CT molecular complexity index is 130. The summed E-state index contributed by atoms with van der Waals surface area (Å²) in [6.07, 6.45) is 8.36. The quantitative estimate of drug-likeness (QED) is 0.629. The minimum absolute atomic E-state index is 0.289. The number of hydrogen-bond acceptors (Lipinski definition) is 3. The van der Waals surface area contributed by atoms with E-state index in [1.165, 1.54) is 43.9 Å². The van der Waals surface area contributed by atoms with Gasteiger partial charge in [0.25, 0.3) is 0 Å². The molecule has 0 amide bonds. The summed E-state index contributed by atoms with van der Waals surface area (Å²) in [6.45, 7) is 0. The fourth-order valence-electron chi connectivity index (χ4n) is 1.37. The zero-order chi connectivity index (χ0) is 8.10. The Labute approximate surface area is 76.7 Å². The van der Waals surface area contributed by atoms with E-state index in [0.717, 1.165) is 0 Å². The molecule has 0 heterocycles. The lowest BCUT2D eigenvalue weighted by Gasteiger charge is -2.19. The van der Waals surface area contributed by atoms with E-state index in [1.807, 2.05) is 6.26 Å². The molecular formula is C8H14OS2. The maximum Gasteiger partial charge on any atom is 0.246 e. The van der Waals surface area contributed by atoms with Crippen molar-refractivity contribution in [3.63, 3.8) is 0 Å². The Kier molecular flexibility index (Phi) is 4.38. The molecule has 0 radical (unpaired) electrons. The van der Waals surface area contributed by atoms with Gasteiger partial charge in [0.15, 0.2) is 0 Å². The molecule has 0 N–H and O–H groups in total. The third-order valence-electron chi connectivity index (χ3n) is 1.98. The zero-order valence-electron chi connectivity index (χ0n) is 6.84. The summed E-state index contributed by atoms with van der Waals surface area (Å²) in [5, 5.41) is 0.628. The smallest absolute Gasteiger partial charge is 0.246 e. The molecule has 0 spiro atoms. The molecule has 0 bridgehead atoms. The van der Waals surface area contributed by atoms with Crippen LogP contribution in [0.2, 0.25) is 0 Å². The Morgan fingerprint density at radius 3 is 2.45 bits per heavy atom. The second kappa shape index (κ2) is 5.09. The fraction of sp³-hybridized carbons (Fsp3) is 0.875. The number of carbonyl (C=O) groups excluding carboxylic acids is 1. The summed E-state index contributed by atoms with van der Waals surface area (Å²) < 4.78 is 0.289. The second-order valence-electron chi connectivity index (χ2n) is 2.83. The predicted octanol–water partition coefficient (Wildman–Crippen LogP) is 3.54. The van der Waals surface area contributed by atoms with Gasteiger partial charge < -0.3 is 0 Å². The van der Waals surface area contributed by atoms with Gasteiger partial charge >= 0.3 is 0 Å². The monoisotopic (exact) mass is 190 g/mol. The average molecular weight is 190 g/mol. The van der Waals surface area contributed by atoms with Crippen LogP contribution < -0.4 is 0 Å². The molecule has 1 rings (SSSR count). The largest absolute Gasteiger partial charge is 0.274 e. The molecule has 1 fully saturated rings. The van der Waals surface area contributed by atoms with Crippen molar-refractivity contribution in [1.29, 1.82) is 0 Å². The SMILES string of the molecule is CSC(=O)SC1CCCCC1. The highest BCUT2D eigenvalue weighted by atomic mass is 32.2. The molecule has 0 atom stereocenters. The van der Waals surface area contributed by atoms with Crippen LogP contribution in [-0.2, 0) is 0 Å². The molecule has 0 unspecified atom stereocenters. The Morgan fingerprint density at radius 1 is 1.27 bits per heavy atom. The second-order valence-corrected chi connectivity index (χ2v) is 5.14. The molecular weight excluding hydrogens is 176 g/mol. The number of hydrogen-bond donors (Lipinski definition) is 0. The summed E-state index contributed by atoms with van der Waals surface area (Å²) >= 11 is 2.89. The summed E-state index contributed by atoms with van der Waals surface area (Å²) in [5.41, 5.74) is 0. The molecule has 0 aliphatic heterocycles. The zero-order valence-corrected chi connectivity index (χ0v) is 8.47. The maximum atomic E-state index is 11.0. The van der Waals surface area contributed by atoms with Crippen LogP contribution in [0.5, 0.6) is 0 Å². The van der Waals surface area contributed by atoms with Crippen molar-refractivity contribution >= 4 is 28.0 Å². The minimum atomic E-state index is 0.289.